The zero-order valence-electron chi connectivity index (χ0n) is 11.3. The van der Waals surface area contributed by atoms with E-state index >= 15 is 0 Å². The Morgan fingerprint density at radius 3 is 2.11 bits per heavy atom. The highest BCUT2D eigenvalue weighted by Crippen LogP contribution is 2.27. The highest BCUT2D eigenvalue weighted by molar-refractivity contribution is 7.86. The van der Waals surface area contributed by atoms with Crippen molar-refractivity contribution < 1.29 is 18.3 Å². The van der Waals surface area contributed by atoms with E-state index in [1.165, 1.54) is 8.61 Å². The van der Waals surface area contributed by atoms with Crippen LogP contribution in [0.1, 0.15) is 32.6 Å². The zero-order valence-corrected chi connectivity index (χ0v) is 12.1. The molecule has 0 aliphatic carbocycles. The average Bonchev–Trinajstić information content (AvgIpc) is 2.58. The van der Waals surface area contributed by atoms with Gasteiger partial charge in [-0.2, -0.15) is 17.0 Å². The molecule has 0 aromatic rings. The third-order valence-corrected chi connectivity index (χ3v) is 6.08. The van der Waals surface area contributed by atoms with Crippen molar-refractivity contribution in [3.63, 3.8) is 0 Å². The Morgan fingerprint density at radius 2 is 1.63 bits per heavy atom. The van der Waals surface area contributed by atoms with E-state index in [1.807, 2.05) is 0 Å². The van der Waals surface area contributed by atoms with Gasteiger partial charge in [0.25, 0.3) is 10.2 Å². The average molecular weight is 290 g/mol. The van der Waals surface area contributed by atoms with Crippen LogP contribution in [0.5, 0.6) is 0 Å². The number of hydrogen-bond donors (Lipinski definition) is 1. The van der Waals surface area contributed by atoms with Crippen LogP contribution in [0.3, 0.4) is 0 Å². The minimum atomic E-state index is -3.48. The molecule has 0 aromatic heterocycles. The number of aliphatic carboxylic acids is 1. The summed E-state index contributed by atoms with van der Waals surface area (Å²) in [6.07, 6.45) is 3.93. The molecule has 7 heteroatoms. The van der Waals surface area contributed by atoms with Gasteiger partial charge in [0.05, 0.1) is 5.92 Å². The fourth-order valence-electron chi connectivity index (χ4n) is 2.87. The summed E-state index contributed by atoms with van der Waals surface area (Å²) in [6.45, 7) is 3.35. The van der Waals surface area contributed by atoms with Crippen molar-refractivity contribution in [2.75, 3.05) is 26.2 Å². The molecule has 2 fully saturated rings. The Morgan fingerprint density at radius 1 is 1.05 bits per heavy atom. The van der Waals surface area contributed by atoms with E-state index in [2.05, 4.69) is 0 Å². The summed E-state index contributed by atoms with van der Waals surface area (Å²) in [5.41, 5.74) is 0. The molecule has 2 heterocycles. The topological polar surface area (TPSA) is 77.9 Å². The maximum atomic E-state index is 12.5. The summed E-state index contributed by atoms with van der Waals surface area (Å²) < 4.78 is 27.9. The highest BCUT2D eigenvalue weighted by atomic mass is 32.2. The van der Waals surface area contributed by atoms with Crippen molar-refractivity contribution in [1.82, 2.24) is 8.61 Å². The second kappa shape index (κ2) is 5.76. The van der Waals surface area contributed by atoms with Crippen LogP contribution in [0, 0.1) is 11.8 Å². The molecule has 6 nitrogen and oxygen atoms in total. The summed E-state index contributed by atoms with van der Waals surface area (Å²) in [5, 5.41) is 9.09. The van der Waals surface area contributed by atoms with E-state index in [0.717, 1.165) is 25.7 Å². The van der Waals surface area contributed by atoms with Crippen LogP contribution >= 0.6 is 0 Å². The Kier molecular flexibility index (Phi) is 4.47. The first-order chi connectivity index (χ1) is 8.93. The number of carboxylic acids is 1. The number of rotatable bonds is 3. The lowest BCUT2D eigenvalue weighted by Crippen LogP contribution is -2.43. The summed E-state index contributed by atoms with van der Waals surface area (Å²) in [6, 6.07) is 0. The minimum absolute atomic E-state index is 0.106. The van der Waals surface area contributed by atoms with Crippen LogP contribution in [0.2, 0.25) is 0 Å². The molecule has 1 N–H and O–H groups in total. The molecule has 2 unspecified atom stereocenters. The van der Waals surface area contributed by atoms with Crippen molar-refractivity contribution in [1.29, 1.82) is 0 Å². The van der Waals surface area contributed by atoms with Crippen molar-refractivity contribution in [2.24, 2.45) is 11.8 Å². The van der Waals surface area contributed by atoms with E-state index in [-0.39, 0.29) is 12.5 Å². The maximum absolute atomic E-state index is 12.5. The van der Waals surface area contributed by atoms with Gasteiger partial charge >= 0.3 is 5.97 Å². The Labute approximate surface area is 114 Å². The first-order valence-electron chi connectivity index (χ1n) is 6.91. The van der Waals surface area contributed by atoms with Gasteiger partial charge in [-0.3, -0.25) is 4.79 Å². The first kappa shape index (κ1) is 14.7. The Balaban J connectivity index is 2.10. The van der Waals surface area contributed by atoms with Gasteiger partial charge in [0.2, 0.25) is 0 Å². The predicted octanol–water partition coefficient (Wildman–Crippen LogP) is 0.760. The van der Waals surface area contributed by atoms with Crippen LogP contribution in [0.4, 0.5) is 0 Å². The molecule has 2 rings (SSSR count). The molecule has 0 radical (unpaired) electrons. The molecule has 0 bridgehead atoms. The Hall–Kier alpha value is -0.660. The van der Waals surface area contributed by atoms with E-state index < -0.39 is 22.1 Å². The second-order valence-electron chi connectivity index (χ2n) is 5.56. The van der Waals surface area contributed by atoms with Crippen LogP contribution in [-0.2, 0) is 15.0 Å². The lowest BCUT2D eigenvalue weighted by Gasteiger charge is -2.26. The summed E-state index contributed by atoms with van der Waals surface area (Å²) >= 11 is 0. The Bertz CT molecular complexity index is 429. The minimum Gasteiger partial charge on any atom is -0.481 e. The van der Waals surface area contributed by atoms with Crippen molar-refractivity contribution >= 4 is 16.2 Å². The molecule has 0 saturated carbocycles. The van der Waals surface area contributed by atoms with Gasteiger partial charge in [0.15, 0.2) is 0 Å². The van der Waals surface area contributed by atoms with Gasteiger partial charge in [0.1, 0.15) is 0 Å². The van der Waals surface area contributed by atoms with Gasteiger partial charge in [0, 0.05) is 26.2 Å². The van der Waals surface area contributed by atoms with Gasteiger partial charge in [-0.15, -0.1) is 0 Å². The molecule has 0 spiro atoms. The fourth-order valence-corrected chi connectivity index (χ4v) is 4.69. The zero-order chi connectivity index (χ0) is 14.0. The molecule has 2 saturated heterocycles. The monoisotopic (exact) mass is 290 g/mol. The van der Waals surface area contributed by atoms with Gasteiger partial charge in [-0.25, -0.2) is 0 Å². The quantitative estimate of drug-likeness (QED) is 0.832. The highest BCUT2D eigenvalue weighted by Gasteiger charge is 2.42. The van der Waals surface area contributed by atoms with Crippen LogP contribution in [-0.4, -0.2) is 54.3 Å². The number of nitrogens with zero attached hydrogens (tertiary/aromatic N) is 2. The van der Waals surface area contributed by atoms with Crippen molar-refractivity contribution in [3.05, 3.63) is 0 Å². The van der Waals surface area contributed by atoms with Crippen molar-refractivity contribution in [2.45, 2.75) is 32.6 Å². The lowest BCUT2D eigenvalue weighted by molar-refractivity contribution is -0.142. The third-order valence-electron chi connectivity index (χ3n) is 4.11. The van der Waals surface area contributed by atoms with Gasteiger partial charge < -0.3 is 5.11 Å². The summed E-state index contributed by atoms with van der Waals surface area (Å²) in [5.74, 6) is -1.61. The molecule has 0 amide bonds. The smallest absolute Gasteiger partial charge is 0.308 e. The SMILES string of the molecule is CC1CN(S(=O)(=O)N2CCCCCC2)CC1C(=O)O. The molecule has 2 aliphatic heterocycles. The third kappa shape index (κ3) is 3.09. The first-order valence-corrected chi connectivity index (χ1v) is 8.30. The molecular formula is C12H22N2O4S. The number of hydrogen-bond acceptors (Lipinski definition) is 3. The summed E-state index contributed by atoms with van der Waals surface area (Å²) in [4.78, 5) is 11.1. The maximum Gasteiger partial charge on any atom is 0.308 e. The van der Waals surface area contributed by atoms with Gasteiger partial charge in [-0.1, -0.05) is 19.8 Å². The normalized spacial score (nSPS) is 31.2. The number of carboxylic acid groups (broad SMARTS) is 1. The number of carbonyl (C=O) groups is 1. The largest absolute Gasteiger partial charge is 0.481 e. The molecule has 0 aromatic carbocycles. The van der Waals surface area contributed by atoms with Crippen LogP contribution < -0.4 is 0 Å². The van der Waals surface area contributed by atoms with Crippen LogP contribution in [0.15, 0.2) is 0 Å². The second-order valence-corrected chi connectivity index (χ2v) is 7.49. The van der Waals surface area contributed by atoms with E-state index in [1.54, 1.807) is 6.92 Å². The fraction of sp³-hybridized carbons (Fsp3) is 0.917. The lowest BCUT2D eigenvalue weighted by atomic mass is 9.99. The predicted molar refractivity (Wildman–Crippen MR) is 70.8 cm³/mol. The molecule has 19 heavy (non-hydrogen) atoms. The van der Waals surface area contributed by atoms with E-state index in [9.17, 15) is 13.2 Å². The van der Waals surface area contributed by atoms with Crippen molar-refractivity contribution in [3.8, 4) is 0 Å². The van der Waals surface area contributed by atoms with E-state index in [0.29, 0.717) is 19.6 Å². The molecule has 110 valence electrons. The van der Waals surface area contributed by atoms with Crippen LogP contribution in [0.25, 0.3) is 0 Å². The van der Waals surface area contributed by atoms with E-state index in [4.69, 9.17) is 5.11 Å². The standard InChI is InChI=1S/C12H22N2O4S/c1-10-8-14(9-11(10)12(15)16)19(17,18)13-6-4-2-3-5-7-13/h10-11H,2-9H2,1H3,(H,15,16). The molecular weight excluding hydrogens is 268 g/mol. The molecule has 2 aliphatic rings. The summed E-state index contributed by atoms with van der Waals surface area (Å²) in [7, 11) is -3.48. The van der Waals surface area contributed by atoms with Gasteiger partial charge in [-0.05, 0) is 18.8 Å². The molecule has 2 atom stereocenters.